The second-order valence-electron chi connectivity index (χ2n) is 5.88. The van der Waals surface area contributed by atoms with Crippen LogP contribution in [0.2, 0.25) is 0 Å². The fraction of sp³-hybridized carbons (Fsp3) is 0.286. The first kappa shape index (κ1) is 18.6. The largest absolute Gasteiger partial charge is 0.493 e. The quantitative estimate of drug-likeness (QED) is 0.743. The van der Waals surface area contributed by atoms with E-state index in [1.54, 1.807) is 26.4 Å². The first-order valence-corrected chi connectivity index (χ1v) is 8.37. The number of ether oxygens (including phenoxy) is 2. The number of rotatable bonds is 8. The summed E-state index contributed by atoms with van der Waals surface area (Å²) in [4.78, 5) is 12.1. The van der Waals surface area contributed by atoms with Crippen molar-refractivity contribution in [3.8, 4) is 11.5 Å². The van der Waals surface area contributed by atoms with Crippen molar-refractivity contribution in [1.29, 1.82) is 0 Å². The molecule has 25 heavy (non-hydrogen) atoms. The summed E-state index contributed by atoms with van der Waals surface area (Å²) >= 11 is 0. The van der Waals surface area contributed by atoms with E-state index in [0.29, 0.717) is 11.5 Å². The minimum atomic E-state index is -0.102. The van der Waals surface area contributed by atoms with Gasteiger partial charge < -0.3 is 14.8 Å². The average molecular weight is 339 g/mol. The molecule has 0 saturated carbocycles. The minimum Gasteiger partial charge on any atom is -0.493 e. The first-order chi connectivity index (χ1) is 12.1. The third-order valence-electron chi connectivity index (χ3n) is 3.93. The van der Waals surface area contributed by atoms with Gasteiger partial charge in [-0.15, -0.1) is 0 Å². The molecular formula is C21H25NO3. The van der Waals surface area contributed by atoms with Gasteiger partial charge in [0.1, 0.15) is 0 Å². The Bertz CT molecular complexity index is 710. The van der Waals surface area contributed by atoms with Gasteiger partial charge in [0, 0.05) is 12.1 Å². The molecule has 0 saturated heterocycles. The van der Waals surface area contributed by atoms with E-state index >= 15 is 0 Å². The normalized spacial score (nSPS) is 12.0. The highest BCUT2D eigenvalue weighted by Gasteiger charge is 2.06. The van der Waals surface area contributed by atoms with Gasteiger partial charge in [0.25, 0.3) is 0 Å². The van der Waals surface area contributed by atoms with E-state index in [1.165, 1.54) is 5.56 Å². The van der Waals surface area contributed by atoms with Crippen LogP contribution in [0.3, 0.4) is 0 Å². The van der Waals surface area contributed by atoms with Gasteiger partial charge in [-0.1, -0.05) is 36.4 Å². The molecule has 0 spiro atoms. The molecule has 0 aliphatic heterocycles. The maximum Gasteiger partial charge on any atom is 0.244 e. The molecule has 0 bridgehead atoms. The molecule has 4 heteroatoms. The second-order valence-corrected chi connectivity index (χ2v) is 5.88. The molecule has 0 aliphatic carbocycles. The summed E-state index contributed by atoms with van der Waals surface area (Å²) in [5.74, 6) is 1.20. The van der Waals surface area contributed by atoms with Crippen molar-refractivity contribution in [2.45, 2.75) is 25.8 Å². The molecule has 132 valence electrons. The standard InChI is InChI=1S/C21H25NO3/c1-16(9-10-17-7-5-4-6-8-17)22-21(23)14-12-18-11-13-19(24-2)20(15-18)25-3/h4-8,11-16H,9-10H2,1-3H3,(H,22,23)/b14-12-/t16-/m1/s1. The predicted octanol–water partition coefficient (Wildman–Crippen LogP) is 3.85. The van der Waals surface area contributed by atoms with Crippen molar-refractivity contribution in [2.24, 2.45) is 0 Å². The van der Waals surface area contributed by atoms with E-state index in [1.807, 2.05) is 43.3 Å². The summed E-state index contributed by atoms with van der Waals surface area (Å²) in [5, 5.41) is 2.99. The Morgan fingerprint density at radius 3 is 2.48 bits per heavy atom. The highest BCUT2D eigenvalue weighted by Crippen LogP contribution is 2.27. The van der Waals surface area contributed by atoms with E-state index in [0.717, 1.165) is 18.4 Å². The van der Waals surface area contributed by atoms with E-state index in [4.69, 9.17) is 9.47 Å². The Balaban J connectivity index is 1.85. The number of aryl methyl sites for hydroxylation is 1. The number of nitrogens with one attached hydrogen (secondary N) is 1. The number of benzene rings is 2. The zero-order valence-corrected chi connectivity index (χ0v) is 15.0. The van der Waals surface area contributed by atoms with Crippen LogP contribution in [0.1, 0.15) is 24.5 Å². The topological polar surface area (TPSA) is 47.6 Å². The van der Waals surface area contributed by atoms with Gasteiger partial charge in [-0.2, -0.15) is 0 Å². The second kappa shape index (κ2) is 9.52. The molecule has 2 rings (SSSR count). The molecule has 0 fully saturated rings. The number of amides is 1. The van der Waals surface area contributed by atoms with Crippen LogP contribution in [0.15, 0.2) is 54.6 Å². The Morgan fingerprint density at radius 1 is 1.08 bits per heavy atom. The van der Waals surface area contributed by atoms with Crippen LogP contribution in [-0.2, 0) is 11.2 Å². The SMILES string of the molecule is COc1ccc(/C=C\C(=O)N[C@H](C)CCc2ccccc2)cc1OC. The lowest BCUT2D eigenvalue weighted by Crippen LogP contribution is -2.31. The van der Waals surface area contributed by atoms with Crippen LogP contribution in [0.4, 0.5) is 0 Å². The van der Waals surface area contributed by atoms with Gasteiger partial charge in [0.05, 0.1) is 14.2 Å². The molecule has 1 atom stereocenters. The van der Waals surface area contributed by atoms with Gasteiger partial charge in [0.15, 0.2) is 11.5 Å². The highest BCUT2D eigenvalue weighted by molar-refractivity contribution is 5.92. The lowest BCUT2D eigenvalue weighted by atomic mass is 10.1. The lowest BCUT2D eigenvalue weighted by molar-refractivity contribution is -0.117. The molecule has 2 aromatic carbocycles. The molecule has 0 aromatic heterocycles. The van der Waals surface area contributed by atoms with E-state index in [9.17, 15) is 4.79 Å². The molecule has 2 aromatic rings. The summed E-state index contributed by atoms with van der Waals surface area (Å²) in [7, 11) is 3.18. The summed E-state index contributed by atoms with van der Waals surface area (Å²) in [6, 6.07) is 15.9. The molecule has 0 radical (unpaired) electrons. The smallest absolute Gasteiger partial charge is 0.244 e. The van der Waals surface area contributed by atoms with Gasteiger partial charge in [-0.05, 0) is 49.1 Å². The third kappa shape index (κ3) is 5.99. The van der Waals surface area contributed by atoms with Crippen molar-refractivity contribution in [3.05, 3.63) is 65.7 Å². The predicted molar refractivity (Wildman–Crippen MR) is 101 cm³/mol. The van der Waals surface area contributed by atoms with Crippen molar-refractivity contribution < 1.29 is 14.3 Å². The lowest BCUT2D eigenvalue weighted by Gasteiger charge is -2.12. The molecule has 0 aliphatic rings. The van der Waals surface area contributed by atoms with Crippen LogP contribution in [0.5, 0.6) is 11.5 Å². The van der Waals surface area contributed by atoms with E-state index < -0.39 is 0 Å². The Morgan fingerprint density at radius 2 is 1.80 bits per heavy atom. The van der Waals surface area contributed by atoms with Crippen molar-refractivity contribution >= 4 is 12.0 Å². The van der Waals surface area contributed by atoms with Gasteiger partial charge >= 0.3 is 0 Å². The maximum atomic E-state index is 12.1. The van der Waals surface area contributed by atoms with Gasteiger partial charge in [-0.25, -0.2) is 0 Å². The minimum absolute atomic E-state index is 0.102. The summed E-state index contributed by atoms with van der Waals surface area (Å²) in [5.41, 5.74) is 2.16. The average Bonchev–Trinajstić information content (AvgIpc) is 2.65. The van der Waals surface area contributed by atoms with Crippen LogP contribution >= 0.6 is 0 Å². The molecule has 0 unspecified atom stereocenters. The van der Waals surface area contributed by atoms with Crippen molar-refractivity contribution in [1.82, 2.24) is 5.32 Å². The Hall–Kier alpha value is -2.75. The zero-order chi connectivity index (χ0) is 18.1. The van der Waals surface area contributed by atoms with Gasteiger partial charge in [-0.3, -0.25) is 4.79 Å². The fourth-order valence-electron chi connectivity index (χ4n) is 2.52. The number of methoxy groups -OCH3 is 2. The monoisotopic (exact) mass is 339 g/mol. The Labute approximate surface area is 149 Å². The number of hydrogen-bond acceptors (Lipinski definition) is 3. The molecule has 0 heterocycles. The van der Waals surface area contributed by atoms with E-state index in [2.05, 4.69) is 17.4 Å². The molecule has 1 N–H and O–H groups in total. The number of carbonyl (C=O) groups excluding carboxylic acids is 1. The van der Waals surface area contributed by atoms with Crippen LogP contribution in [0.25, 0.3) is 6.08 Å². The first-order valence-electron chi connectivity index (χ1n) is 8.37. The summed E-state index contributed by atoms with van der Waals surface area (Å²) in [6.45, 7) is 2.02. The molecule has 1 amide bonds. The van der Waals surface area contributed by atoms with E-state index in [-0.39, 0.29) is 11.9 Å². The van der Waals surface area contributed by atoms with Gasteiger partial charge in [0.2, 0.25) is 5.91 Å². The van der Waals surface area contributed by atoms with Crippen molar-refractivity contribution in [2.75, 3.05) is 14.2 Å². The van der Waals surface area contributed by atoms with Crippen LogP contribution in [-0.4, -0.2) is 26.2 Å². The Kier molecular flexibility index (Phi) is 7.08. The zero-order valence-electron chi connectivity index (χ0n) is 15.0. The van der Waals surface area contributed by atoms with Crippen LogP contribution < -0.4 is 14.8 Å². The fourth-order valence-corrected chi connectivity index (χ4v) is 2.52. The third-order valence-corrected chi connectivity index (χ3v) is 3.93. The highest BCUT2D eigenvalue weighted by atomic mass is 16.5. The van der Waals surface area contributed by atoms with Crippen molar-refractivity contribution in [3.63, 3.8) is 0 Å². The summed E-state index contributed by atoms with van der Waals surface area (Å²) < 4.78 is 10.5. The molecular weight excluding hydrogens is 314 g/mol. The van der Waals surface area contributed by atoms with Crippen LogP contribution in [0, 0.1) is 0 Å². The summed E-state index contributed by atoms with van der Waals surface area (Å²) in [6.07, 6.45) is 5.16. The number of hydrogen-bond donors (Lipinski definition) is 1. The molecule has 4 nitrogen and oxygen atoms in total. The number of carbonyl (C=O) groups is 1. The maximum absolute atomic E-state index is 12.1.